The molecule has 2 N–H and O–H groups in total. The van der Waals surface area contributed by atoms with Gasteiger partial charge in [-0.15, -0.1) is 0 Å². The zero-order valence-electron chi connectivity index (χ0n) is 11.4. The lowest BCUT2D eigenvalue weighted by Gasteiger charge is -2.35. The highest BCUT2D eigenvalue weighted by atomic mass is 32.2. The number of ether oxygens (including phenoxy) is 1. The molecule has 6 heteroatoms. The van der Waals surface area contributed by atoms with Gasteiger partial charge in [-0.25, -0.2) is 8.42 Å². The van der Waals surface area contributed by atoms with Crippen molar-refractivity contribution in [2.24, 2.45) is 0 Å². The highest BCUT2D eigenvalue weighted by Gasteiger charge is 2.28. The molecule has 0 amide bonds. The first-order valence-corrected chi connectivity index (χ1v) is 8.14. The lowest BCUT2D eigenvalue weighted by Crippen LogP contribution is -2.40. The summed E-state index contributed by atoms with van der Waals surface area (Å²) in [6, 6.07) is 6.07. The molecule has 2 rings (SSSR count). The topological polar surface area (TPSA) is 67.4 Å². The van der Waals surface area contributed by atoms with Gasteiger partial charge in [0.05, 0.1) is 18.0 Å². The van der Waals surface area contributed by atoms with Crippen LogP contribution in [0.2, 0.25) is 0 Å². The van der Waals surface area contributed by atoms with Gasteiger partial charge in [-0.2, -0.15) is 0 Å². The van der Waals surface area contributed by atoms with E-state index >= 15 is 0 Å². The molecule has 1 fully saturated rings. The Morgan fingerprint density at radius 1 is 1.32 bits per heavy atom. The van der Waals surface area contributed by atoms with E-state index in [0.717, 1.165) is 30.3 Å². The second kappa shape index (κ2) is 5.38. The van der Waals surface area contributed by atoms with Crippen LogP contribution in [0.3, 0.4) is 0 Å². The molecule has 5 nitrogen and oxygen atoms in total. The smallest absolute Gasteiger partial charge is 0.229 e. The normalized spacial score (nSPS) is 22.7. The van der Waals surface area contributed by atoms with Crippen LogP contribution in [0.1, 0.15) is 18.4 Å². The molecule has 0 atom stereocenters. The van der Waals surface area contributed by atoms with Crippen LogP contribution in [0.15, 0.2) is 18.2 Å². The van der Waals surface area contributed by atoms with E-state index in [2.05, 4.69) is 10.0 Å². The van der Waals surface area contributed by atoms with E-state index in [4.69, 9.17) is 4.74 Å². The average Bonchev–Trinajstić information content (AvgIpc) is 2.25. The van der Waals surface area contributed by atoms with Gasteiger partial charge >= 0.3 is 0 Å². The van der Waals surface area contributed by atoms with E-state index < -0.39 is 10.0 Å². The molecule has 1 aliphatic carbocycles. The molecule has 0 bridgehead atoms. The number of benzene rings is 1. The summed E-state index contributed by atoms with van der Waals surface area (Å²) in [6.45, 7) is 1.89. The van der Waals surface area contributed by atoms with Crippen LogP contribution in [-0.4, -0.2) is 33.9 Å². The van der Waals surface area contributed by atoms with Gasteiger partial charge in [-0.1, -0.05) is 0 Å². The van der Waals surface area contributed by atoms with Crippen LogP contribution in [0.25, 0.3) is 0 Å². The molecule has 1 aromatic carbocycles. The Labute approximate surface area is 114 Å². The Hall–Kier alpha value is -1.27. The minimum absolute atomic E-state index is 0.366. The number of anilines is 2. The van der Waals surface area contributed by atoms with Crippen LogP contribution >= 0.6 is 0 Å². The molecule has 0 unspecified atom stereocenters. The first kappa shape index (κ1) is 14.1. The van der Waals surface area contributed by atoms with Gasteiger partial charge in [0.1, 0.15) is 0 Å². The summed E-state index contributed by atoms with van der Waals surface area (Å²) >= 11 is 0. The number of hydrogen-bond donors (Lipinski definition) is 2. The van der Waals surface area contributed by atoms with Gasteiger partial charge < -0.3 is 10.1 Å². The zero-order chi connectivity index (χ0) is 14.0. The van der Waals surface area contributed by atoms with Gasteiger partial charge in [0.2, 0.25) is 10.0 Å². The third-order valence-corrected chi connectivity index (χ3v) is 3.91. The first-order valence-electron chi connectivity index (χ1n) is 6.25. The maximum atomic E-state index is 11.2. The van der Waals surface area contributed by atoms with Crippen molar-refractivity contribution >= 4 is 21.4 Å². The molecule has 1 saturated carbocycles. The van der Waals surface area contributed by atoms with E-state index in [9.17, 15) is 8.42 Å². The number of rotatable bonds is 5. The molecule has 1 aliphatic rings. The summed E-state index contributed by atoms with van der Waals surface area (Å²) in [5.41, 5.74) is 2.53. The minimum Gasteiger partial charge on any atom is -0.382 e. The molecular formula is C13H20N2O3S. The molecule has 0 radical (unpaired) electrons. The van der Waals surface area contributed by atoms with Gasteiger partial charge in [-0.05, 0) is 43.5 Å². The lowest BCUT2D eigenvalue weighted by atomic mass is 9.89. The van der Waals surface area contributed by atoms with E-state index in [1.165, 1.54) is 0 Å². The van der Waals surface area contributed by atoms with Crippen LogP contribution in [0.5, 0.6) is 0 Å². The average molecular weight is 284 g/mol. The predicted octanol–water partition coefficient (Wildman–Crippen LogP) is 1.96. The van der Waals surface area contributed by atoms with Crippen molar-refractivity contribution in [2.75, 3.05) is 23.4 Å². The Balaban J connectivity index is 1.99. The fourth-order valence-electron chi connectivity index (χ4n) is 2.18. The van der Waals surface area contributed by atoms with Crippen molar-refractivity contribution in [1.82, 2.24) is 0 Å². The summed E-state index contributed by atoms with van der Waals surface area (Å²) in [6.07, 6.45) is 3.54. The van der Waals surface area contributed by atoms with E-state index in [0.29, 0.717) is 17.8 Å². The van der Waals surface area contributed by atoms with Crippen LogP contribution < -0.4 is 10.0 Å². The third kappa shape index (κ3) is 3.84. The summed E-state index contributed by atoms with van der Waals surface area (Å²) in [5, 5.41) is 3.42. The Kier molecular flexibility index (Phi) is 4.01. The number of aryl methyl sites for hydroxylation is 1. The van der Waals surface area contributed by atoms with Crippen molar-refractivity contribution < 1.29 is 13.2 Å². The van der Waals surface area contributed by atoms with Crippen LogP contribution in [-0.2, 0) is 14.8 Å². The standard InChI is InChI=1S/C13H20N2O3S/c1-9-6-10(14-11-7-12(8-11)18-2)4-5-13(9)15-19(3,16)17/h4-6,11-12,14-15H,7-8H2,1-3H3. The van der Waals surface area contributed by atoms with Crippen molar-refractivity contribution in [3.63, 3.8) is 0 Å². The summed E-state index contributed by atoms with van der Waals surface area (Å²) in [4.78, 5) is 0. The van der Waals surface area contributed by atoms with Gasteiger partial charge in [-0.3, -0.25) is 4.72 Å². The largest absolute Gasteiger partial charge is 0.382 e. The predicted molar refractivity (Wildman–Crippen MR) is 77.1 cm³/mol. The second-order valence-corrected chi connectivity index (χ2v) is 6.82. The van der Waals surface area contributed by atoms with Gasteiger partial charge in [0, 0.05) is 18.8 Å². The summed E-state index contributed by atoms with van der Waals surface area (Å²) in [7, 11) is -1.49. The number of hydrogen-bond acceptors (Lipinski definition) is 4. The highest BCUT2D eigenvalue weighted by Crippen LogP contribution is 2.28. The Morgan fingerprint density at radius 2 is 2.00 bits per heavy atom. The fourth-order valence-corrected chi connectivity index (χ4v) is 2.81. The Morgan fingerprint density at radius 3 is 2.53 bits per heavy atom. The van der Waals surface area contributed by atoms with Crippen LogP contribution in [0.4, 0.5) is 11.4 Å². The van der Waals surface area contributed by atoms with Crippen molar-refractivity contribution in [2.45, 2.75) is 31.9 Å². The SMILES string of the molecule is COC1CC(Nc2ccc(NS(C)(=O)=O)c(C)c2)C1. The molecule has 106 valence electrons. The highest BCUT2D eigenvalue weighted by molar-refractivity contribution is 7.92. The number of nitrogens with one attached hydrogen (secondary N) is 2. The second-order valence-electron chi connectivity index (χ2n) is 5.07. The van der Waals surface area contributed by atoms with Crippen LogP contribution in [0, 0.1) is 6.92 Å². The van der Waals surface area contributed by atoms with E-state index in [-0.39, 0.29) is 0 Å². The number of methoxy groups -OCH3 is 1. The quantitative estimate of drug-likeness (QED) is 0.867. The van der Waals surface area contributed by atoms with Crippen molar-refractivity contribution in [1.29, 1.82) is 0 Å². The van der Waals surface area contributed by atoms with Gasteiger partial charge in [0.25, 0.3) is 0 Å². The molecule has 19 heavy (non-hydrogen) atoms. The zero-order valence-corrected chi connectivity index (χ0v) is 12.3. The van der Waals surface area contributed by atoms with E-state index in [1.54, 1.807) is 13.2 Å². The summed E-state index contributed by atoms with van der Waals surface area (Å²) < 4.78 is 30.1. The molecular weight excluding hydrogens is 264 g/mol. The molecule has 1 aromatic rings. The molecule has 0 saturated heterocycles. The molecule has 0 spiro atoms. The molecule has 0 heterocycles. The monoisotopic (exact) mass is 284 g/mol. The number of sulfonamides is 1. The van der Waals surface area contributed by atoms with E-state index in [1.807, 2.05) is 19.1 Å². The first-order chi connectivity index (χ1) is 8.87. The van der Waals surface area contributed by atoms with Crippen molar-refractivity contribution in [3.8, 4) is 0 Å². The molecule has 0 aliphatic heterocycles. The third-order valence-electron chi connectivity index (χ3n) is 3.32. The maximum Gasteiger partial charge on any atom is 0.229 e. The summed E-state index contributed by atoms with van der Waals surface area (Å²) in [5.74, 6) is 0. The minimum atomic E-state index is -3.23. The fraction of sp³-hybridized carbons (Fsp3) is 0.538. The van der Waals surface area contributed by atoms with Crippen molar-refractivity contribution in [3.05, 3.63) is 23.8 Å². The molecule has 0 aromatic heterocycles. The Bertz CT molecular complexity index is 551. The maximum absolute atomic E-state index is 11.2. The lowest BCUT2D eigenvalue weighted by molar-refractivity contribution is 0.0329. The van der Waals surface area contributed by atoms with Gasteiger partial charge in [0.15, 0.2) is 0 Å².